The Balaban J connectivity index is 0.000000255. The Morgan fingerprint density at radius 3 is 2.22 bits per heavy atom. The average Bonchev–Trinajstić information content (AvgIpc) is 3.67. The molecule has 0 aliphatic rings. The van der Waals surface area contributed by atoms with Crippen LogP contribution in [-0.2, 0) is 20.1 Å². The largest absolute Gasteiger partial charge is 0.350 e. The summed E-state index contributed by atoms with van der Waals surface area (Å²) in [4.78, 5) is 8.85. The van der Waals surface area contributed by atoms with Gasteiger partial charge >= 0.3 is 0 Å². The molecule has 0 amide bonds. The van der Waals surface area contributed by atoms with Gasteiger partial charge in [0.15, 0.2) is 0 Å². The summed E-state index contributed by atoms with van der Waals surface area (Å²) in [5, 5.41) is 4.75. The first-order valence-electron chi connectivity index (χ1n) is 16.8. The maximum Gasteiger partial charge on any atom is 0.0629 e. The summed E-state index contributed by atoms with van der Waals surface area (Å²) in [6, 6.07) is 39.5. The number of para-hydroxylation sites is 2. The van der Waals surface area contributed by atoms with Crippen LogP contribution in [0.3, 0.4) is 0 Å². The molecular weight excluding hydrogens is 727 g/mol. The molecule has 9 rings (SSSR count). The molecule has 45 heavy (non-hydrogen) atoms. The maximum absolute atomic E-state index is 8.32. The van der Waals surface area contributed by atoms with Crippen LogP contribution in [0.1, 0.15) is 12.4 Å². The number of fused-ring (bicyclic) bond motifs is 6. The number of aromatic nitrogens is 3. The van der Waals surface area contributed by atoms with E-state index in [9.17, 15) is 0 Å². The summed E-state index contributed by atoms with van der Waals surface area (Å²) < 4.78 is 42.8. The first-order valence-corrected chi connectivity index (χ1v) is 14.3. The maximum atomic E-state index is 8.32. The van der Waals surface area contributed by atoms with Crippen LogP contribution in [0.5, 0.6) is 0 Å². The van der Waals surface area contributed by atoms with Gasteiger partial charge in [0.2, 0.25) is 0 Å². The summed E-state index contributed by atoms with van der Waals surface area (Å²) in [6.07, 6.45) is 3.38. The van der Waals surface area contributed by atoms with E-state index in [1.165, 1.54) is 27.2 Å². The van der Waals surface area contributed by atoms with Crippen LogP contribution in [-0.4, -0.2) is 14.4 Å². The molecule has 217 valence electrons. The monoisotopic (exact) mass is 759 g/mol. The first-order chi connectivity index (χ1) is 23.8. The fraction of sp³-hybridized carbons (Fsp3) is 0.0244. The van der Waals surface area contributed by atoms with E-state index < -0.39 is 6.04 Å². The zero-order valence-electron chi connectivity index (χ0n) is 29.1. The summed E-state index contributed by atoms with van der Waals surface area (Å²) in [6.45, 7) is 1.87. The molecule has 0 aliphatic heterocycles. The molecule has 0 aliphatic carbocycles. The molecule has 0 saturated carbocycles. The van der Waals surface area contributed by atoms with E-state index in [4.69, 9.17) is 6.85 Å². The van der Waals surface area contributed by atoms with Crippen molar-refractivity contribution in [1.29, 1.82) is 0 Å². The second kappa shape index (κ2) is 12.1. The molecule has 0 bridgehead atoms. The number of hydrogen-bond acceptors (Lipinski definition) is 2. The molecule has 4 aromatic heterocycles. The van der Waals surface area contributed by atoms with Gasteiger partial charge in [-0.15, -0.1) is 59.7 Å². The van der Waals surface area contributed by atoms with Crippen LogP contribution < -0.4 is 0 Å². The molecule has 1 radical (unpaired) electrons. The molecule has 0 unspecified atom stereocenters. The summed E-state index contributed by atoms with van der Waals surface area (Å²) in [7, 11) is 0. The van der Waals surface area contributed by atoms with E-state index in [-0.39, 0.29) is 49.8 Å². The minimum atomic E-state index is -0.401. The second-order valence-corrected chi connectivity index (χ2v) is 10.6. The molecule has 0 N–H and O–H groups in total. The van der Waals surface area contributed by atoms with Gasteiger partial charge in [0, 0.05) is 54.4 Å². The Kier molecular flexibility index (Phi) is 6.25. The molecule has 3 nitrogen and oxygen atoms in total. The minimum absolute atomic E-state index is 0. The van der Waals surface area contributed by atoms with Gasteiger partial charge in [0.25, 0.3) is 0 Å². The zero-order chi connectivity index (χ0) is 33.8. The standard InChI is InChI=1S/C30H19N2.C11H8N.Ir/c1-19-16-27(31-18-26(19)20-8-3-2-4-9-20)21-14-15-29-25(17-21)24-12-7-11-23-22-10-5-6-13-28(22)32(29)30(23)24;1-2-6-10(7-3-1)11-8-4-5-9-12-11;/h2-13,15-18H,1H3;1-6,8-9H;/q2*-1;/i2D,3D,4D,8D,9D;;. The van der Waals surface area contributed by atoms with E-state index in [0.717, 1.165) is 33.3 Å². The quantitative estimate of drug-likeness (QED) is 0.168. The van der Waals surface area contributed by atoms with Crippen molar-refractivity contribution in [2.24, 2.45) is 0 Å². The van der Waals surface area contributed by atoms with Gasteiger partial charge in [-0.05, 0) is 52.5 Å². The predicted octanol–water partition coefficient (Wildman–Crippen LogP) is 10.2. The van der Waals surface area contributed by atoms with Gasteiger partial charge in [-0.2, -0.15) is 0 Å². The first kappa shape index (κ1) is 23.3. The molecule has 0 fully saturated rings. The van der Waals surface area contributed by atoms with Crippen LogP contribution in [0.25, 0.3) is 71.7 Å². The van der Waals surface area contributed by atoms with Gasteiger partial charge in [-0.1, -0.05) is 90.2 Å². The third-order valence-corrected chi connectivity index (χ3v) is 7.96. The fourth-order valence-electron chi connectivity index (χ4n) is 5.94. The summed E-state index contributed by atoms with van der Waals surface area (Å²) in [5.41, 5.74) is 8.47. The molecule has 0 atom stereocenters. The van der Waals surface area contributed by atoms with Crippen LogP contribution in [0.4, 0.5) is 0 Å². The van der Waals surface area contributed by atoms with E-state index in [1.54, 1.807) is 12.4 Å². The topological polar surface area (TPSA) is 30.2 Å². The van der Waals surface area contributed by atoms with Crippen LogP contribution >= 0.6 is 0 Å². The Hall–Kier alpha value is -5.15. The normalized spacial score (nSPS) is 12.6. The van der Waals surface area contributed by atoms with Crippen LogP contribution in [0.15, 0.2) is 146 Å². The number of pyridine rings is 2. The van der Waals surface area contributed by atoms with E-state index in [0.29, 0.717) is 11.3 Å². The zero-order valence-corrected chi connectivity index (χ0v) is 26.5. The smallest absolute Gasteiger partial charge is 0.0629 e. The summed E-state index contributed by atoms with van der Waals surface area (Å²) in [5.74, 6) is 0. The molecule has 9 aromatic rings. The Morgan fingerprint density at radius 1 is 0.667 bits per heavy atom. The van der Waals surface area contributed by atoms with Crippen molar-refractivity contribution in [2.45, 2.75) is 6.92 Å². The number of hydrogen-bond donors (Lipinski definition) is 0. The van der Waals surface area contributed by atoms with E-state index >= 15 is 0 Å². The van der Waals surface area contributed by atoms with Crippen molar-refractivity contribution in [2.75, 3.05) is 0 Å². The molecular formula is C41H27IrN3-2. The van der Waals surface area contributed by atoms with Gasteiger partial charge in [0.05, 0.1) is 12.4 Å². The fourth-order valence-corrected chi connectivity index (χ4v) is 5.94. The number of nitrogens with zero attached hydrogens (tertiary/aromatic N) is 3. The van der Waals surface area contributed by atoms with E-state index in [2.05, 4.69) is 75.0 Å². The Bertz CT molecular complexity index is 2610. The Labute approximate surface area is 282 Å². The van der Waals surface area contributed by atoms with Crippen molar-refractivity contribution < 1.29 is 27.0 Å². The van der Waals surface area contributed by atoms with Crippen LogP contribution in [0, 0.1) is 19.1 Å². The van der Waals surface area contributed by atoms with Crippen molar-refractivity contribution in [3.8, 4) is 33.6 Å². The van der Waals surface area contributed by atoms with Crippen LogP contribution in [0.2, 0.25) is 0 Å². The third kappa shape index (κ3) is 5.09. The SMILES string of the molecule is [2H]c1c([2H])c([2H])c(-c2cnc(-c3[c-]cc4c(c3)c3cccc5c6ccccc6n4c35)cc2C)c([2H])c1[2H].[Ir].[c-]1ccccc1-c1ccccn1. The Morgan fingerprint density at radius 2 is 1.44 bits per heavy atom. The van der Waals surface area contributed by atoms with Crippen molar-refractivity contribution in [3.05, 3.63) is 163 Å². The van der Waals surface area contributed by atoms with Crippen molar-refractivity contribution >= 4 is 38.1 Å². The molecule has 0 spiro atoms. The third-order valence-electron chi connectivity index (χ3n) is 7.96. The molecule has 4 heterocycles. The van der Waals surface area contributed by atoms with Gasteiger partial charge < -0.3 is 14.4 Å². The van der Waals surface area contributed by atoms with Gasteiger partial charge in [-0.3, -0.25) is 0 Å². The van der Waals surface area contributed by atoms with Crippen molar-refractivity contribution in [1.82, 2.24) is 14.4 Å². The second-order valence-electron chi connectivity index (χ2n) is 10.6. The van der Waals surface area contributed by atoms with Gasteiger partial charge in [-0.25, -0.2) is 0 Å². The predicted molar refractivity (Wildman–Crippen MR) is 182 cm³/mol. The number of benzene rings is 5. The average molecular weight is 759 g/mol. The van der Waals surface area contributed by atoms with Crippen molar-refractivity contribution in [3.63, 3.8) is 0 Å². The van der Waals surface area contributed by atoms with Gasteiger partial charge in [0.1, 0.15) is 0 Å². The number of aryl methyl sites for hydroxylation is 1. The molecule has 4 heteroatoms. The van der Waals surface area contributed by atoms with E-state index in [1.807, 2.05) is 61.5 Å². The summed E-state index contributed by atoms with van der Waals surface area (Å²) >= 11 is 0. The molecule has 5 aromatic carbocycles. The minimum Gasteiger partial charge on any atom is -0.350 e. The molecule has 0 saturated heterocycles. The number of rotatable bonds is 3.